The maximum atomic E-state index is 12.8. The molecule has 1 aromatic heterocycles. The molecule has 0 unspecified atom stereocenters. The average molecular weight is 217 g/mol. The predicted molar refractivity (Wildman–Crippen MR) is 51.2 cm³/mol. The Hall–Kier alpha value is -1.23. The molecule has 1 nitrogen and oxygen atoms in total. The Morgan fingerprint density at radius 1 is 1.29 bits per heavy atom. The normalized spacial score (nSPS) is 11.4. The fourth-order valence-electron chi connectivity index (χ4n) is 1.33. The van der Waals surface area contributed by atoms with Gasteiger partial charge in [0.15, 0.2) is 5.13 Å². The van der Waals surface area contributed by atoms with E-state index in [2.05, 4.69) is 0 Å². The van der Waals surface area contributed by atoms with Crippen molar-refractivity contribution in [2.75, 3.05) is 5.73 Å². The molecule has 0 spiro atoms. The minimum Gasteiger partial charge on any atom is -0.398 e. The van der Waals surface area contributed by atoms with Crippen molar-refractivity contribution in [1.82, 2.24) is 0 Å². The molecule has 0 aliphatic carbocycles. The van der Waals surface area contributed by atoms with Crippen molar-refractivity contribution in [3.05, 3.63) is 28.9 Å². The monoisotopic (exact) mass is 217 g/mol. The van der Waals surface area contributed by atoms with Crippen LogP contribution >= 0.6 is 11.3 Å². The molecule has 14 heavy (non-hydrogen) atoms. The third kappa shape index (κ3) is 1.33. The Bertz CT molecular complexity index is 478. The van der Waals surface area contributed by atoms with Crippen LogP contribution in [0.2, 0.25) is 0 Å². The summed E-state index contributed by atoms with van der Waals surface area (Å²) in [6, 6.07) is 4.14. The van der Waals surface area contributed by atoms with E-state index in [0.29, 0.717) is 16.7 Å². The van der Waals surface area contributed by atoms with Gasteiger partial charge in [-0.05, 0) is 17.5 Å². The van der Waals surface area contributed by atoms with Crippen LogP contribution in [-0.4, -0.2) is 0 Å². The molecular formula is C9H6F3NS. The van der Waals surface area contributed by atoms with E-state index in [1.54, 1.807) is 0 Å². The van der Waals surface area contributed by atoms with Gasteiger partial charge < -0.3 is 5.73 Å². The van der Waals surface area contributed by atoms with Gasteiger partial charge in [0.05, 0.1) is 5.56 Å². The van der Waals surface area contributed by atoms with Gasteiger partial charge in [-0.3, -0.25) is 0 Å². The Kier molecular flexibility index (Phi) is 2.11. The topological polar surface area (TPSA) is 26.0 Å². The van der Waals surface area contributed by atoms with Crippen LogP contribution in [0.4, 0.5) is 18.9 Å². The standard InChI is InChI=1S/C9H6F3NS/c10-6-3-4-1-2-5(13)7(9(11)12)8(4)14-6/h1-3,9H,13H2. The van der Waals surface area contributed by atoms with Crippen molar-refractivity contribution in [2.24, 2.45) is 0 Å². The molecule has 0 aliphatic heterocycles. The summed E-state index contributed by atoms with van der Waals surface area (Å²) >= 11 is 0.695. The first-order chi connectivity index (χ1) is 6.59. The highest BCUT2D eigenvalue weighted by molar-refractivity contribution is 7.17. The molecule has 5 heteroatoms. The van der Waals surface area contributed by atoms with Gasteiger partial charge in [0.2, 0.25) is 0 Å². The van der Waals surface area contributed by atoms with Crippen LogP contribution < -0.4 is 5.73 Å². The second-order valence-electron chi connectivity index (χ2n) is 2.84. The van der Waals surface area contributed by atoms with E-state index in [1.165, 1.54) is 18.2 Å². The van der Waals surface area contributed by atoms with E-state index in [9.17, 15) is 13.2 Å². The van der Waals surface area contributed by atoms with E-state index in [1.807, 2.05) is 0 Å². The van der Waals surface area contributed by atoms with Gasteiger partial charge in [-0.1, -0.05) is 6.07 Å². The zero-order valence-corrected chi connectivity index (χ0v) is 7.75. The molecule has 0 amide bonds. The van der Waals surface area contributed by atoms with Crippen molar-refractivity contribution in [2.45, 2.75) is 6.43 Å². The molecule has 0 bridgehead atoms. The smallest absolute Gasteiger partial charge is 0.267 e. The van der Waals surface area contributed by atoms with E-state index in [4.69, 9.17) is 5.73 Å². The van der Waals surface area contributed by atoms with Gasteiger partial charge in [0.25, 0.3) is 6.43 Å². The number of rotatable bonds is 1. The Balaban J connectivity index is 2.82. The zero-order valence-electron chi connectivity index (χ0n) is 6.93. The fourth-order valence-corrected chi connectivity index (χ4v) is 2.28. The van der Waals surface area contributed by atoms with Crippen LogP contribution in [0.15, 0.2) is 18.2 Å². The SMILES string of the molecule is Nc1ccc2cc(F)sc2c1C(F)F. The number of benzene rings is 1. The number of halogens is 3. The summed E-state index contributed by atoms with van der Waals surface area (Å²) in [5, 5.41) is -0.00972. The van der Waals surface area contributed by atoms with Gasteiger partial charge in [0.1, 0.15) is 0 Å². The van der Waals surface area contributed by atoms with E-state index < -0.39 is 11.6 Å². The number of fused-ring (bicyclic) bond motifs is 1. The lowest BCUT2D eigenvalue weighted by atomic mass is 10.1. The maximum Gasteiger partial charge on any atom is 0.267 e. The lowest BCUT2D eigenvalue weighted by Crippen LogP contribution is -1.94. The zero-order chi connectivity index (χ0) is 10.3. The number of nitrogens with two attached hydrogens (primary N) is 1. The summed E-state index contributed by atoms with van der Waals surface area (Å²) in [4.78, 5) is 0. The second-order valence-corrected chi connectivity index (χ2v) is 3.84. The van der Waals surface area contributed by atoms with E-state index in [0.717, 1.165) is 0 Å². The number of nitrogen functional groups attached to an aromatic ring is 1. The minimum absolute atomic E-state index is 0.00866. The number of hydrogen-bond acceptors (Lipinski definition) is 2. The number of hydrogen-bond donors (Lipinski definition) is 1. The molecule has 2 rings (SSSR count). The lowest BCUT2D eigenvalue weighted by molar-refractivity contribution is 0.154. The number of anilines is 1. The average Bonchev–Trinajstić information content (AvgIpc) is 2.43. The third-order valence-corrected chi connectivity index (χ3v) is 2.92. The minimum atomic E-state index is -2.67. The summed E-state index contributed by atoms with van der Waals surface area (Å²) in [7, 11) is 0. The summed E-state index contributed by atoms with van der Waals surface area (Å²) < 4.78 is 38.2. The van der Waals surface area contributed by atoms with Gasteiger partial charge in [-0.15, -0.1) is 11.3 Å². The van der Waals surface area contributed by atoms with Gasteiger partial charge in [0, 0.05) is 10.4 Å². The quantitative estimate of drug-likeness (QED) is 0.726. The molecule has 2 aromatic rings. The number of thiophene rings is 1. The number of alkyl halides is 2. The molecule has 74 valence electrons. The fraction of sp³-hybridized carbons (Fsp3) is 0.111. The molecule has 1 heterocycles. The van der Waals surface area contributed by atoms with Gasteiger partial charge in [-0.25, -0.2) is 8.78 Å². The second kappa shape index (κ2) is 3.16. The highest BCUT2D eigenvalue weighted by Gasteiger charge is 2.17. The highest BCUT2D eigenvalue weighted by atomic mass is 32.1. The summed E-state index contributed by atoms with van der Waals surface area (Å²) in [5.41, 5.74) is 5.14. The molecule has 0 atom stereocenters. The first-order valence-corrected chi connectivity index (χ1v) is 4.67. The lowest BCUT2D eigenvalue weighted by Gasteiger charge is -2.04. The van der Waals surface area contributed by atoms with E-state index in [-0.39, 0.29) is 16.0 Å². The molecule has 0 saturated heterocycles. The predicted octanol–water partition coefficient (Wildman–Crippen LogP) is 3.56. The highest BCUT2D eigenvalue weighted by Crippen LogP contribution is 2.36. The van der Waals surface area contributed by atoms with Crippen molar-refractivity contribution < 1.29 is 13.2 Å². The Morgan fingerprint density at radius 3 is 2.64 bits per heavy atom. The Morgan fingerprint density at radius 2 is 2.00 bits per heavy atom. The Labute approximate surface area is 82.0 Å². The first-order valence-electron chi connectivity index (χ1n) is 3.85. The molecular weight excluding hydrogens is 211 g/mol. The molecule has 0 fully saturated rings. The van der Waals surface area contributed by atoms with Crippen LogP contribution in [-0.2, 0) is 0 Å². The van der Waals surface area contributed by atoms with Crippen molar-refractivity contribution >= 4 is 27.1 Å². The molecule has 0 saturated carbocycles. The van der Waals surface area contributed by atoms with Gasteiger partial charge in [-0.2, -0.15) is 4.39 Å². The van der Waals surface area contributed by atoms with Crippen LogP contribution in [0.25, 0.3) is 10.1 Å². The molecule has 0 radical (unpaired) electrons. The van der Waals surface area contributed by atoms with Crippen molar-refractivity contribution in [3.8, 4) is 0 Å². The van der Waals surface area contributed by atoms with Crippen molar-refractivity contribution in [3.63, 3.8) is 0 Å². The van der Waals surface area contributed by atoms with Crippen LogP contribution in [0.1, 0.15) is 12.0 Å². The van der Waals surface area contributed by atoms with Crippen LogP contribution in [0.3, 0.4) is 0 Å². The molecule has 1 aromatic carbocycles. The third-order valence-electron chi connectivity index (χ3n) is 1.95. The molecule has 0 aliphatic rings. The first kappa shape index (κ1) is 9.33. The summed E-state index contributed by atoms with van der Waals surface area (Å²) in [5.74, 6) is 0. The summed E-state index contributed by atoms with van der Waals surface area (Å²) in [6.07, 6.45) is -2.67. The molecule has 2 N–H and O–H groups in total. The van der Waals surface area contributed by atoms with Gasteiger partial charge >= 0.3 is 0 Å². The summed E-state index contributed by atoms with van der Waals surface area (Å²) in [6.45, 7) is 0. The largest absolute Gasteiger partial charge is 0.398 e. The van der Waals surface area contributed by atoms with Crippen LogP contribution in [0.5, 0.6) is 0 Å². The van der Waals surface area contributed by atoms with E-state index >= 15 is 0 Å². The van der Waals surface area contributed by atoms with Crippen molar-refractivity contribution in [1.29, 1.82) is 0 Å². The maximum absolute atomic E-state index is 12.8. The van der Waals surface area contributed by atoms with Crippen LogP contribution in [0, 0.1) is 5.13 Å².